The summed E-state index contributed by atoms with van der Waals surface area (Å²) in [4.78, 5) is 2.60. The first kappa shape index (κ1) is 17.2. The normalized spacial score (nSPS) is 15.5. The molecule has 136 valence electrons. The molecule has 26 heavy (non-hydrogen) atoms. The minimum absolute atomic E-state index is 0.609. The third-order valence-electron chi connectivity index (χ3n) is 5.54. The monoisotopic (exact) mass is 348 g/mol. The van der Waals surface area contributed by atoms with E-state index in [-0.39, 0.29) is 0 Å². The molecule has 0 amide bonds. The zero-order valence-corrected chi connectivity index (χ0v) is 15.9. The average Bonchev–Trinajstić information content (AvgIpc) is 2.93. The fourth-order valence-electron chi connectivity index (χ4n) is 4.08. The third kappa shape index (κ3) is 3.49. The van der Waals surface area contributed by atoms with Gasteiger partial charge in [0.15, 0.2) is 0 Å². The summed E-state index contributed by atoms with van der Waals surface area (Å²) in [6.45, 7) is 6.15. The zero-order chi connectivity index (χ0) is 17.9. The first-order valence-electron chi connectivity index (χ1n) is 9.69. The molecule has 1 aromatic heterocycles. The summed E-state index contributed by atoms with van der Waals surface area (Å²) >= 11 is 0. The fraction of sp³-hybridized carbons (Fsp3) is 0.391. The van der Waals surface area contributed by atoms with Gasteiger partial charge >= 0.3 is 0 Å². The predicted molar refractivity (Wildman–Crippen MR) is 108 cm³/mol. The molecule has 0 bridgehead atoms. The second kappa shape index (κ2) is 7.55. The van der Waals surface area contributed by atoms with E-state index in [0.717, 1.165) is 12.3 Å². The molecule has 1 aliphatic rings. The topological polar surface area (TPSA) is 17.4 Å². The van der Waals surface area contributed by atoms with Crippen molar-refractivity contribution < 1.29 is 4.74 Å². The highest BCUT2D eigenvalue weighted by Crippen LogP contribution is 2.28. The molecule has 0 N–H and O–H groups in total. The number of rotatable bonds is 5. The molecule has 4 rings (SSSR count). The Bertz CT molecular complexity index is 890. The lowest BCUT2D eigenvalue weighted by Gasteiger charge is -2.26. The molecule has 1 fully saturated rings. The maximum absolute atomic E-state index is 6.17. The smallest absolute Gasteiger partial charge is 0.129 e. The van der Waals surface area contributed by atoms with Crippen LogP contribution >= 0.6 is 0 Å². The van der Waals surface area contributed by atoms with Gasteiger partial charge in [-0.3, -0.25) is 4.90 Å². The molecule has 0 unspecified atom stereocenters. The van der Waals surface area contributed by atoms with E-state index in [1.807, 2.05) is 6.07 Å². The van der Waals surface area contributed by atoms with E-state index in [4.69, 9.17) is 4.74 Å². The van der Waals surface area contributed by atoms with Gasteiger partial charge in [0, 0.05) is 24.5 Å². The molecule has 3 heteroatoms. The summed E-state index contributed by atoms with van der Waals surface area (Å²) in [5, 5.41) is 1.36. The number of likely N-dealkylation sites (tertiary alicyclic amines) is 1. The Hall–Kier alpha value is -2.26. The summed E-state index contributed by atoms with van der Waals surface area (Å²) < 4.78 is 8.48. The molecule has 0 spiro atoms. The van der Waals surface area contributed by atoms with Crippen LogP contribution in [0.5, 0.6) is 5.75 Å². The van der Waals surface area contributed by atoms with E-state index in [9.17, 15) is 0 Å². The lowest BCUT2D eigenvalue weighted by Crippen LogP contribution is -2.29. The number of nitrogens with zero attached hydrogens (tertiary/aromatic N) is 2. The van der Waals surface area contributed by atoms with Gasteiger partial charge in [-0.05, 0) is 62.2 Å². The van der Waals surface area contributed by atoms with E-state index in [1.165, 1.54) is 60.1 Å². The summed E-state index contributed by atoms with van der Waals surface area (Å²) in [6.07, 6.45) is 4.01. The number of fused-ring (bicyclic) bond motifs is 1. The van der Waals surface area contributed by atoms with E-state index >= 15 is 0 Å². The number of piperidine rings is 1. The standard InChI is InChI=1S/C23H28N2O/c1-18-9-8-10-19(15-18)26-17-23-21(16-25-13-6-3-7-14-25)20-11-4-5-12-22(20)24(23)2/h4-5,8-12,15H,3,6-7,13-14,16-17H2,1-2H3. The van der Waals surface area contributed by atoms with Crippen molar-refractivity contribution in [1.29, 1.82) is 0 Å². The van der Waals surface area contributed by atoms with Crippen molar-refractivity contribution in [3.05, 3.63) is 65.4 Å². The van der Waals surface area contributed by atoms with Crippen molar-refractivity contribution >= 4 is 10.9 Å². The van der Waals surface area contributed by atoms with Crippen LogP contribution in [-0.2, 0) is 20.2 Å². The maximum Gasteiger partial charge on any atom is 0.129 e. The average molecular weight is 348 g/mol. The Morgan fingerprint density at radius 1 is 0.962 bits per heavy atom. The maximum atomic E-state index is 6.17. The molecule has 1 saturated heterocycles. The summed E-state index contributed by atoms with van der Waals surface area (Å²) in [6, 6.07) is 17.0. The Kier molecular flexibility index (Phi) is 4.98. The van der Waals surface area contributed by atoms with Gasteiger partial charge in [-0.1, -0.05) is 36.8 Å². The first-order valence-corrected chi connectivity index (χ1v) is 9.69. The van der Waals surface area contributed by atoms with Gasteiger partial charge < -0.3 is 9.30 Å². The molecule has 2 heterocycles. The van der Waals surface area contributed by atoms with Crippen LogP contribution < -0.4 is 4.74 Å². The van der Waals surface area contributed by atoms with Crippen LogP contribution in [0.2, 0.25) is 0 Å². The molecule has 3 nitrogen and oxygen atoms in total. The third-order valence-corrected chi connectivity index (χ3v) is 5.54. The van der Waals surface area contributed by atoms with Crippen LogP contribution in [0, 0.1) is 6.92 Å². The van der Waals surface area contributed by atoms with Crippen molar-refractivity contribution in [1.82, 2.24) is 9.47 Å². The van der Waals surface area contributed by atoms with Gasteiger partial charge in [-0.15, -0.1) is 0 Å². The van der Waals surface area contributed by atoms with Crippen molar-refractivity contribution in [3.63, 3.8) is 0 Å². The SMILES string of the molecule is Cc1cccc(OCc2c(CN3CCCCC3)c3ccccc3n2C)c1. The molecular weight excluding hydrogens is 320 g/mol. The Morgan fingerprint density at radius 3 is 2.58 bits per heavy atom. The predicted octanol–water partition coefficient (Wildman–Crippen LogP) is 5.05. The number of benzene rings is 2. The number of ether oxygens (including phenoxy) is 1. The number of hydrogen-bond acceptors (Lipinski definition) is 2. The van der Waals surface area contributed by atoms with Crippen molar-refractivity contribution in [3.8, 4) is 5.75 Å². The van der Waals surface area contributed by atoms with Crippen LogP contribution in [0.15, 0.2) is 48.5 Å². The lowest BCUT2D eigenvalue weighted by molar-refractivity contribution is 0.218. The Morgan fingerprint density at radius 2 is 1.77 bits per heavy atom. The molecule has 0 radical (unpaired) electrons. The number of para-hydroxylation sites is 1. The minimum Gasteiger partial charge on any atom is -0.487 e. The molecule has 0 aliphatic carbocycles. The summed E-state index contributed by atoms with van der Waals surface area (Å²) in [5.74, 6) is 0.944. The summed E-state index contributed by atoms with van der Waals surface area (Å²) in [5.41, 5.74) is 5.24. The van der Waals surface area contributed by atoms with E-state index in [1.54, 1.807) is 0 Å². The highest BCUT2D eigenvalue weighted by atomic mass is 16.5. The van der Waals surface area contributed by atoms with Crippen molar-refractivity contribution in [2.75, 3.05) is 13.1 Å². The first-order chi connectivity index (χ1) is 12.7. The lowest BCUT2D eigenvalue weighted by atomic mass is 10.1. The summed E-state index contributed by atoms with van der Waals surface area (Å²) in [7, 11) is 2.16. The Labute approximate surface area is 156 Å². The van der Waals surface area contributed by atoms with Crippen molar-refractivity contribution in [2.45, 2.75) is 39.3 Å². The van der Waals surface area contributed by atoms with Gasteiger partial charge in [0.1, 0.15) is 12.4 Å². The van der Waals surface area contributed by atoms with Gasteiger partial charge in [0.05, 0.1) is 5.69 Å². The number of hydrogen-bond donors (Lipinski definition) is 0. The largest absolute Gasteiger partial charge is 0.487 e. The van der Waals surface area contributed by atoms with Gasteiger partial charge in [0.25, 0.3) is 0 Å². The van der Waals surface area contributed by atoms with Gasteiger partial charge in [-0.2, -0.15) is 0 Å². The number of aryl methyl sites for hydroxylation is 2. The minimum atomic E-state index is 0.609. The second-order valence-electron chi connectivity index (χ2n) is 7.44. The van der Waals surface area contributed by atoms with E-state index in [0.29, 0.717) is 6.61 Å². The molecule has 0 atom stereocenters. The highest BCUT2D eigenvalue weighted by molar-refractivity contribution is 5.85. The van der Waals surface area contributed by atoms with E-state index < -0.39 is 0 Å². The Balaban J connectivity index is 1.65. The molecule has 1 aliphatic heterocycles. The quantitative estimate of drug-likeness (QED) is 0.642. The van der Waals surface area contributed by atoms with Crippen LogP contribution in [0.4, 0.5) is 0 Å². The van der Waals surface area contributed by atoms with E-state index in [2.05, 4.69) is 65.9 Å². The fourth-order valence-corrected chi connectivity index (χ4v) is 4.08. The molecule has 0 saturated carbocycles. The van der Waals surface area contributed by atoms with Crippen LogP contribution in [-0.4, -0.2) is 22.6 Å². The molecule has 3 aromatic rings. The van der Waals surface area contributed by atoms with Gasteiger partial charge in [0.2, 0.25) is 0 Å². The van der Waals surface area contributed by atoms with Crippen LogP contribution in [0.1, 0.15) is 36.1 Å². The number of aromatic nitrogens is 1. The van der Waals surface area contributed by atoms with Crippen LogP contribution in [0.25, 0.3) is 10.9 Å². The second-order valence-corrected chi connectivity index (χ2v) is 7.44. The highest BCUT2D eigenvalue weighted by Gasteiger charge is 2.19. The molecular formula is C23H28N2O. The van der Waals surface area contributed by atoms with Crippen LogP contribution in [0.3, 0.4) is 0 Å². The zero-order valence-electron chi connectivity index (χ0n) is 15.9. The van der Waals surface area contributed by atoms with Crippen molar-refractivity contribution in [2.24, 2.45) is 7.05 Å². The molecule has 2 aromatic carbocycles. The van der Waals surface area contributed by atoms with Gasteiger partial charge in [-0.25, -0.2) is 0 Å².